The van der Waals surface area contributed by atoms with Crippen LogP contribution in [-0.2, 0) is 0 Å². The second-order valence-electron chi connectivity index (χ2n) is 3.54. The molecule has 0 aliphatic carbocycles. The van der Waals surface area contributed by atoms with E-state index in [2.05, 4.69) is 0 Å². The van der Waals surface area contributed by atoms with E-state index in [4.69, 9.17) is 16.3 Å². The third-order valence-electron chi connectivity index (χ3n) is 2.46. The Morgan fingerprint density at radius 2 is 1.71 bits per heavy atom. The van der Waals surface area contributed by atoms with Crippen LogP contribution in [0.25, 0.3) is 0 Å². The summed E-state index contributed by atoms with van der Waals surface area (Å²) in [6.45, 7) is 0. The number of carbonyl (C=O) groups is 1. The Morgan fingerprint density at radius 1 is 1.06 bits per heavy atom. The second kappa shape index (κ2) is 5.02. The second-order valence-corrected chi connectivity index (χ2v) is 3.97. The summed E-state index contributed by atoms with van der Waals surface area (Å²) in [7, 11) is 1.55. The summed E-state index contributed by atoms with van der Waals surface area (Å²) in [6, 6.07) is 14.0. The van der Waals surface area contributed by atoms with Crippen LogP contribution in [0.3, 0.4) is 0 Å². The molecule has 2 aromatic rings. The molecule has 0 unspecified atom stereocenters. The van der Waals surface area contributed by atoms with Gasteiger partial charge in [0.05, 0.1) is 12.7 Å². The molecule has 0 fully saturated rings. The Balaban J connectivity index is 2.40. The van der Waals surface area contributed by atoms with Gasteiger partial charge in [0.1, 0.15) is 5.75 Å². The Hall–Kier alpha value is -1.80. The number of rotatable bonds is 3. The van der Waals surface area contributed by atoms with Gasteiger partial charge in [-0.15, -0.1) is 0 Å². The number of benzene rings is 2. The van der Waals surface area contributed by atoms with Crippen LogP contribution in [-0.4, -0.2) is 12.9 Å². The molecule has 0 saturated carbocycles. The van der Waals surface area contributed by atoms with Gasteiger partial charge in [-0.1, -0.05) is 23.7 Å². The summed E-state index contributed by atoms with van der Waals surface area (Å²) in [5.74, 6) is 0.506. The van der Waals surface area contributed by atoms with Crippen molar-refractivity contribution in [3.05, 3.63) is 64.7 Å². The standard InChI is InChI=1S/C14H11ClO2/c1-17-13-5-3-2-4-12(13)14(16)10-6-8-11(15)9-7-10/h2-9H,1H3. The highest BCUT2D eigenvalue weighted by Crippen LogP contribution is 2.21. The summed E-state index contributed by atoms with van der Waals surface area (Å²) < 4.78 is 5.16. The number of hydrogen-bond donors (Lipinski definition) is 0. The molecule has 2 nitrogen and oxygen atoms in total. The lowest BCUT2D eigenvalue weighted by Gasteiger charge is -2.07. The maximum Gasteiger partial charge on any atom is 0.196 e. The van der Waals surface area contributed by atoms with Crippen molar-refractivity contribution in [3.8, 4) is 5.75 Å². The molecule has 0 aliphatic heterocycles. The summed E-state index contributed by atoms with van der Waals surface area (Å²) >= 11 is 5.78. The predicted molar refractivity (Wildman–Crippen MR) is 67.9 cm³/mol. The average Bonchev–Trinajstić information content (AvgIpc) is 2.39. The number of methoxy groups -OCH3 is 1. The average molecular weight is 247 g/mol. The third kappa shape index (κ3) is 2.48. The fourth-order valence-electron chi connectivity index (χ4n) is 1.59. The number of carbonyl (C=O) groups excluding carboxylic acids is 1. The molecule has 2 aromatic carbocycles. The van der Waals surface area contributed by atoms with Gasteiger partial charge in [-0.25, -0.2) is 0 Å². The third-order valence-corrected chi connectivity index (χ3v) is 2.71. The van der Waals surface area contributed by atoms with Crippen molar-refractivity contribution in [3.63, 3.8) is 0 Å². The van der Waals surface area contributed by atoms with Crippen molar-refractivity contribution in [1.82, 2.24) is 0 Å². The SMILES string of the molecule is COc1ccccc1C(=O)c1ccc(Cl)cc1. The zero-order chi connectivity index (χ0) is 12.3. The van der Waals surface area contributed by atoms with Crippen molar-refractivity contribution in [2.45, 2.75) is 0 Å². The van der Waals surface area contributed by atoms with Gasteiger partial charge in [0, 0.05) is 10.6 Å². The van der Waals surface area contributed by atoms with Crippen LogP contribution in [0.15, 0.2) is 48.5 Å². The van der Waals surface area contributed by atoms with Gasteiger partial charge in [-0.3, -0.25) is 4.79 Å². The molecule has 0 spiro atoms. The fraction of sp³-hybridized carbons (Fsp3) is 0.0714. The molecule has 3 heteroatoms. The maximum atomic E-state index is 12.2. The minimum Gasteiger partial charge on any atom is -0.496 e. The largest absolute Gasteiger partial charge is 0.496 e. The fourth-order valence-corrected chi connectivity index (χ4v) is 1.71. The van der Waals surface area contributed by atoms with Gasteiger partial charge in [0.25, 0.3) is 0 Å². The molecule has 0 aliphatic rings. The normalized spacial score (nSPS) is 10.0. The maximum absolute atomic E-state index is 12.2. The number of ketones is 1. The van der Waals surface area contributed by atoms with E-state index in [9.17, 15) is 4.79 Å². The lowest BCUT2D eigenvalue weighted by molar-refractivity contribution is 0.103. The molecule has 17 heavy (non-hydrogen) atoms. The van der Waals surface area contributed by atoms with Gasteiger partial charge in [0.2, 0.25) is 0 Å². The first-order valence-electron chi connectivity index (χ1n) is 5.15. The molecule has 86 valence electrons. The van der Waals surface area contributed by atoms with E-state index < -0.39 is 0 Å². The van der Waals surface area contributed by atoms with E-state index in [0.29, 0.717) is 21.9 Å². The Labute approximate surface area is 105 Å². The van der Waals surface area contributed by atoms with E-state index >= 15 is 0 Å². The number of para-hydroxylation sites is 1. The Kier molecular flexibility index (Phi) is 3.45. The van der Waals surface area contributed by atoms with Crippen LogP contribution in [0.5, 0.6) is 5.75 Å². The van der Waals surface area contributed by atoms with E-state index in [1.807, 2.05) is 12.1 Å². The minimum absolute atomic E-state index is 0.0703. The molecule has 0 bridgehead atoms. The van der Waals surface area contributed by atoms with Crippen LogP contribution < -0.4 is 4.74 Å². The molecule has 0 atom stereocenters. The van der Waals surface area contributed by atoms with Crippen LogP contribution in [0.2, 0.25) is 5.02 Å². The molecule has 0 radical (unpaired) electrons. The van der Waals surface area contributed by atoms with E-state index in [1.54, 1.807) is 43.5 Å². The monoisotopic (exact) mass is 246 g/mol. The first-order chi connectivity index (χ1) is 8.22. The number of halogens is 1. The van der Waals surface area contributed by atoms with E-state index in [-0.39, 0.29) is 5.78 Å². The molecule has 0 N–H and O–H groups in total. The molecule has 0 aromatic heterocycles. The first kappa shape index (κ1) is 11.7. The van der Waals surface area contributed by atoms with Crippen LogP contribution in [0, 0.1) is 0 Å². The summed E-state index contributed by atoms with van der Waals surface area (Å²) in [6.07, 6.45) is 0. The summed E-state index contributed by atoms with van der Waals surface area (Å²) in [5, 5.41) is 0.613. The van der Waals surface area contributed by atoms with Crippen LogP contribution >= 0.6 is 11.6 Å². The highest BCUT2D eigenvalue weighted by Gasteiger charge is 2.13. The Bertz CT molecular complexity index is 532. The van der Waals surface area contributed by atoms with Gasteiger partial charge in [-0.05, 0) is 36.4 Å². The van der Waals surface area contributed by atoms with Crippen molar-refractivity contribution < 1.29 is 9.53 Å². The molecular formula is C14H11ClO2. The highest BCUT2D eigenvalue weighted by atomic mass is 35.5. The van der Waals surface area contributed by atoms with Gasteiger partial charge in [-0.2, -0.15) is 0 Å². The molecule has 0 saturated heterocycles. The summed E-state index contributed by atoms with van der Waals surface area (Å²) in [5.41, 5.74) is 1.15. The minimum atomic E-state index is -0.0703. The molecule has 2 rings (SSSR count). The first-order valence-corrected chi connectivity index (χ1v) is 5.53. The molecule has 0 amide bonds. The van der Waals surface area contributed by atoms with Crippen molar-refractivity contribution in [2.75, 3.05) is 7.11 Å². The number of hydrogen-bond acceptors (Lipinski definition) is 2. The lowest BCUT2D eigenvalue weighted by Crippen LogP contribution is -2.03. The molecular weight excluding hydrogens is 236 g/mol. The van der Waals surface area contributed by atoms with Crippen LogP contribution in [0.4, 0.5) is 0 Å². The van der Waals surface area contributed by atoms with Crippen molar-refractivity contribution in [1.29, 1.82) is 0 Å². The van der Waals surface area contributed by atoms with Gasteiger partial charge in [0.15, 0.2) is 5.78 Å². The predicted octanol–water partition coefficient (Wildman–Crippen LogP) is 3.58. The summed E-state index contributed by atoms with van der Waals surface area (Å²) in [4.78, 5) is 12.2. The zero-order valence-corrected chi connectivity index (χ0v) is 10.1. The highest BCUT2D eigenvalue weighted by molar-refractivity contribution is 6.30. The van der Waals surface area contributed by atoms with Gasteiger partial charge >= 0.3 is 0 Å². The zero-order valence-electron chi connectivity index (χ0n) is 9.31. The lowest BCUT2D eigenvalue weighted by atomic mass is 10.0. The van der Waals surface area contributed by atoms with Crippen LogP contribution in [0.1, 0.15) is 15.9 Å². The topological polar surface area (TPSA) is 26.3 Å². The van der Waals surface area contributed by atoms with Crippen molar-refractivity contribution >= 4 is 17.4 Å². The van der Waals surface area contributed by atoms with E-state index in [0.717, 1.165) is 0 Å². The van der Waals surface area contributed by atoms with Gasteiger partial charge < -0.3 is 4.74 Å². The van der Waals surface area contributed by atoms with E-state index in [1.165, 1.54) is 0 Å². The Morgan fingerprint density at radius 3 is 2.35 bits per heavy atom. The van der Waals surface area contributed by atoms with Crippen molar-refractivity contribution in [2.24, 2.45) is 0 Å². The molecule has 0 heterocycles. The quantitative estimate of drug-likeness (QED) is 0.774. The number of ether oxygens (including phenoxy) is 1. The smallest absolute Gasteiger partial charge is 0.196 e.